The first-order valence-corrected chi connectivity index (χ1v) is 6.21. The number of nitrogens with zero attached hydrogens (tertiary/aromatic N) is 2. The second-order valence-corrected chi connectivity index (χ2v) is 4.89. The van der Waals surface area contributed by atoms with Gasteiger partial charge in [-0.05, 0) is 33.6 Å². The van der Waals surface area contributed by atoms with Crippen molar-refractivity contribution in [2.24, 2.45) is 0 Å². The number of aldehydes is 1. The van der Waals surface area contributed by atoms with E-state index in [1.54, 1.807) is 0 Å². The van der Waals surface area contributed by atoms with Crippen molar-refractivity contribution in [2.75, 3.05) is 0 Å². The van der Waals surface area contributed by atoms with Gasteiger partial charge in [0, 0.05) is 5.56 Å². The molecule has 0 bridgehead atoms. The van der Waals surface area contributed by atoms with Gasteiger partial charge in [0.05, 0.1) is 10.0 Å². The Morgan fingerprint density at radius 2 is 1.89 bits per heavy atom. The van der Waals surface area contributed by atoms with Crippen LogP contribution < -0.4 is 0 Å². The summed E-state index contributed by atoms with van der Waals surface area (Å²) in [5.74, 6) is -0.421. The monoisotopic (exact) mass is 348 g/mol. The molecule has 0 saturated carbocycles. The van der Waals surface area contributed by atoms with Gasteiger partial charge in [0.1, 0.15) is 5.82 Å². The molecular weight excluding hydrogens is 346 g/mol. The second kappa shape index (κ2) is 5.30. The molecule has 3 nitrogen and oxygen atoms in total. The molecule has 1 heterocycles. The van der Waals surface area contributed by atoms with Crippen LogP contribution >= 0.6 is 39.1 Å². The molecule has 0 spiro atoms. The summed E-state index contributed by atoms with van der Waals surface area (Å²) in [6.45, 7) is 0. The van der Waals surface area contributed by atoms with Crippen LogP contribution in [0.15, 0.2) is 22.7 Å². The fourth-order valence-electron chi connectivity index (χ4n) is 1.44. The summed E-state index contributed by atoms with van der Waals surface area (Å²) in [5, 5.41) is 7.15. The molecule has 0 fully saturated rings. The van der Waals surface area contributed by atoms with Gasteiger partial charge in [0.15, 0.2) is 16.6 Å². The van der Waals surface area contributed by atoms with Crippen LogP contribution in [0, 0.1) is 5.82 Å². The topological polar surface area (TPSA) is 42.9 Å². The van der Waals surface area contributed by atoms with Crippen LogP contribution in [-0.2, 0) is 0 Å². The average Bonchev–Trinajstić information content (AvgIpc) is 2.35. The summed E-state index contributed by atoms with van der Waals surface area (Å²) in [6.07, 6.45) is 0.537. The van der Waals surface area contributed by atoms with Gasteiger partial charge in [-0.2, -0.15) is 0 Å². The van der Waals surface area contributed by atoms with Gasteiger partial charge in [-0.3, -0.25) is 4.79 Å². The van der Waals surface area contributed by atoms with E-state index in [1.165, 1.54) is 18.2 Å². The smallest absolute Gasteiger partial charge is 0.162 e. The molecule has 0 unspecified atom stereocenters. The molecule has 7 heteroatoms. The number of halogens is 4. The van der Waals surface area contributed by atoms with Crippen LogP contribution in [0.3, 0.4) is 0 Å². The molecule has 0 radical (unpaired) electrons. The SMILES string of the molecule is O=Cc1c(Cl)nnc(Cl)c1-c1ccc(F)c(Br)c1. The molecule has 2 rings (SSSR count). The lowest BCUT2D eigenvalue weighted by Gasteiger charge is -2.08. The Balaban J connectivity index is 2.73. The number of carbonyl (C=O) groups is 1. The number of aromatic nitrogens is 2. The predicted octanol–water partition coefficient (Wildman–Crippen LogP) is 4.16. The Labute approximate surface area is 120 Å². The van der Waals surface area contributed by atoms with Crippen LogP contribution in [-0.4, -0.2) is 16.5 Å². The first-order chi connectivity index (χ1) is 8.54. The van der Waals surface area contributed by atoms with Crippen molar-refractivity contribution in [1.29, 1.82) is 0 Å². The quantitative estimate of drug-likeness (QED) is 0.764. The van der Waals surface area contributed by atoms with Gasteiger partial charge in [-0.15, -0.1) is 10.2 Å². The third kappa shape index (κ3) is 2.39. The zero-order valence-corrected chi connectivity index (χ0v) is 11.7. The average molecular weight is 350 g/mol. The van der Waals surface area contributed by atoms with E-state index in [-0.39, 0.29) is 20.3 Å². The largest absolute Gasteiger partial charge is 0.298 e. The van der Waals surface area contributed by atoms with Crippen LogP contribution in [0.25, 0.3) is 11.1 Å². The van der Waals surface area contributed by atoms with E-state index in [2.05, 4.69) is 26.1 Å². The van der Waals surface area contributed by atoms with Crippen molar-refractivity contribution in [3.63, 3.8) is 0 Å². The lowest BCUT2D eigenvalue weighted by atomic mass is 10.0. The Hall–Kier alpha value is -1.04. The summed E-state index contributed by atoms with van der Waals surface area (Å²) < 4.78 is 13.4. The van der Waals surface area contributed by atoms with E-state index >= 15 is 0 Å². The maximum absolute atomic E-state index is 13.2. The molecule has 0 atom stereocenters. The summed E-state index contributed by atoms with van der Waals surface area (Å²) in [6, 6.07) is 4.21. The first-order valence-electron chi connectivity index (χ1n) is 4.67. The summed E-state index contributed by atoms with van der Waals surface area (Å²) in [5.41, 5.74) is 0.967. The third-order valence-corrected chi connectivity index (χ3v) is 3.40. The first kappa shape index (κ1) is 13.4. The standard InChI is InChI=1S/C11H4BrCl2FN2O/c12-7-3-5(1-2-8(7)15)9-6(4-18)10(13)16-17-11(9)14/h1-4H. The number of hydrogen-bond donors (Lipinski definition) is 0. The summed E-state index contributed by atoms with van der Waals surface area (Å²) >= 11 is 14.7. The van der Waals surface area contributed by atoms with Crippen molar-refractivity contribution in [3.05, 3.63) is 44.4 Å². The van der Waals surface area contributed by atoms with E-state index < -0.39 is 5.82 Å². The highest BCUT2D eigenvalue weighted by atomic mass is 79.9. The van der Waals surface area contributed by atoms with E-state index in [1.807, 2.05) is 0 Å². The molecule has 0 aliphatic rings. The molecular formula is C11H4BrCl2FN2O. The molecule has 0 aliphatic carbocycles. The third-order valence-electron chi connectivity index (χ3n) is 2.25. The van der Waals surface area contributed by atoms with Crippen molar-refractivity contribution in [1.82, 2.24) is 10.2 Å². The Morgan fingerprint density at radius 1 is 1.22 bits per heavy atom. The minimum absolute atomic E-state index is 0.0278. The van der Waals surface area contributed by atoms with E-state index in [4.69, 9.17) is 23.2 Å². The molecule has 18 heavy (non-hydrogen) atoms. The molecule has 1 aromatic heterocycles. The van der Waals surface area contributed by atoms with Gasteiger partial charge in [0.25, 0.3) is 0 Å². The Morgan fingerprint density at radius 3 is 2.50 bits per heavy atom. The molecule has 92 valence electrons. The van der Waals surface area contributed by atoms with Gasteiger partial charge in [-0.1, -0.05) is 29.3 Å². The van der Waals surface area contributed by atoms with Gasteiger partial charge in [0.2, 0.25) is 0 Å². The molecule has 1 aromatic carbocycles. The fraction of sp³-hybridized carbons (Fsp3) is 0. The number of carbonyl (C=O) groups excluding carboxylic acids is 1. The maximum atomic E-state index is 13.2. The molecule has 0 aliphatic heterocycles. The van der Waals surface area contributed by atoms with Gasteiger partial charge >= 0.3 is 0 Å². The maximum Gasteiger partial charge on any atom is 0.162 e. The molecule has 0 saturated heterocycles. The number of hydrogen-bond acceptors (Lipinski definition) is 3. The predicted molar refractivity (Wildman–Crippen MR) is 70.5 cm³/mol. The van der Waals surface area contributed by atoms with Crippen molar-refractivity contribution in [3.8, 4) is 11.1 Å². The van der Waals surface area contributed by atoms with E-state index in [0.717, 1.165) is 0 Å². The van der Waals surface area contributed by atoms with E-state index in [9.17, 15) is 9.18 Å². The highest BCUT2D eigenvalue weighted by Gasteiger charge is 2.16. The number of benzene rings is 1. The van der Waals surface area contributed by atoms with Gasteiger partial charge in [-0.25, -0.2) is 4.39 Å². The van der Waals surface area contributed by atoms with Crippen LogP contribution in [0.2, 0.25) is 10.3 Å². The lowest BCUT2D eigenvalue weighted by Crippen LogP contribution is -1.97. The Kier molecular flexibility index (Phi) is 3.94. The van der Waals surface area contributed by atoms with Crippen LogP contribution in [0.5, 0.6) is 0 Å². The Bertz CT molecular complexity index is 637. The minimum Gasteiger partial charge on any atom is -0.298 e. The normalized spacial score (nSPS) is 10.4. The van der Waals surface area contributed by atoms with Crippen molar-refractivity contribution >= 4 is 45.4 Å². The second-order valence-electron chi connectivity index (χ2n) is 3.32. The lowest BCUT2D eigenvalue weighted by molar-refractivity contribution is 0.112. The summed E-state index contributed by atoms with van der Waals surface area (Å²) in [4.78, 5) is 11.0. The van der Waals surface area contributed by atoms with Crippen LogP contribution in [0.4, 0.5) is 4.39 Å². The zero-order valence-electron chi connectivity index (χ0n) is 8.62. The highest BCUT2D eigenvalue weighted by molar-refractivity contribution is 9.10. The highest BCUT2D eigenvalue weighted by Crippen LogP contribution is 2.33. The molecule has 0 amide bonds. The number of rotatable bonds is 2. The molecule has 2 aromatic rings. The summed E-state index contributed by atoms with van der Waals surface area (Å²) in [7, 11) is 0. The van der Waals surface area contributed by atoms with Crippen molar-refractivity contribution < 1.29 is 9.18 Å². The van der Waals surface area contributed by atoms with Gasteiger partial charge < -0.3 is 0 Å². The van der Waals surface area contributed by atoms with Crippen molar-refractivity contribution in [2.45, 2.75) is 0 Å². The molecule has 0 N–H and O–H groups in total. The van der Waals surface area contributed by atoms with Crippen LogP contribution in [0.1, 0.15) is 10.4 Å². The zero-order chi connectivity index (χ0) is 13.3. The minimum atomic E-state index is -0.421. The fourth-order valence-corrected chi connectivity index (χ4v) is 2.24. The van der Waals surface area contributed by atoms with E-state index in [0.29, 0.717) is 17.4 Å².